The molecule has 0 aliphatic carbocycles. The molecule has 1 aromatic carbocycles. The Bertz CT molecular complexity index is 462. The predicted octanol–water partition coefficient (Wildman–Crippen LogP) is 1.57. The average molecular weight is 233 g/mol. The van der Waals surface area contributed by atoms with Crippen molar-refractivity contribution in [1.82, 2.24) is 4.90 Å². The quantitative estimate of drug-likeness (QED) is 0.814. The van der Waals surface area contributed by atoms with Crippen LogP contribution in [-0.4, -0.2) is 41.2 Å². The number of aromatic hydroxyl groups is 1. The number of likely N-dealkylation sites (N-methyl/N-ethyl adjacent to an activating group) is 1. The Hall–Kier alpha value is -1.81. The molecule has 4 heteroatoms. The molecular weight excluding hydrogens is 218 g/mol. The molecule has 0 atom stereocenters. The Morgan fingerprint density at radius 1 is 1.29 bits per heavy atom. The normalized spacial score (nSPS) is 17.2. The SMILES string of the molecule is CN1CCC(C(=O)O)=C(c2ccc(O)cc2)C1. The number of phenolic OH excluding ortho intramolecular Hbond substituents is 1. The van der Waals surface area contributed by atoms with Gasteiger partial charge in [-0.25, -0.2) is 4.79 Å². The largest absolute Gasteiger partial charge is 0.508 e. The van der Waals surface area contributed by atoms with Crippen LogP contribution in [-0.2, 0) is 4.79 Å². The van der Waals surface area contributed by atoms with Gasteiger partial charge < -0.3 is 15.1 Å². The first-order valence-corrected chi connectivity index (χ1v) is 5.51. The van der Waals surface area contributed by atoms with E-state index in [1.54, 1.807) is 24.3 Å². The maximum absolute atomic E-state index is 11.2. The summed E-state index contributed by atoms with van der Waals surface area (Å²) in [5.74, 6) is -0.656. The molecule has 0 amide bonds. The molecule has 1 aromatic rings. The minimum absolute atomic E-state index is 0.190. The standard InChI is InChI=1S/C13H15NO3/c1-14-7-6-11(13(16)17)12(8-14)9-2-4-10(15)5-3-9/h2-5,15H,6-8H2,1H3,(H,16,17). The molecule has 2 N–H and O–H groups in total. The summed E-state index contributed by atoms with van der Waals surface area (Å²) in [4.78, 5) is 13.3. The number of nitrogens with zero attached hydrogens (tertiary/aromatic N) is 1. The lowest BCUT2D eigenvalue weighted by Gasteiger charge is -2.26. The first kappa shape index (κ1) is 11.7. The third kappa shape index (κ3) is 2.47. The number of hydrogen-bond acceptors (Lipinski definition) is 3. The van der Waals surface area contributed by atoms with Gasteiger partial charge in [0.25, 0.3) is 0 Å². The van der Waals surface area contributed by atoms with Crippen LogP contribution in [0.2, 0.25) is 0 Å². The minimum atomic E-state index is -0.846. The second kappa shape index (κ2) is 4.59. The number of carboxylic acid groups (broad SMARTS) is 1. The molecular formula is C13H15NO3. The van der Waals surface area contributed by atoms with E-state index in [9.17, 15) is 15.0 Å². The Kier molecular flexibility index (Phi) is 3.15. The van der Waals surface area contributed by atoms with Crippen LogP contribution in [0.4, 0.5) is 0 Å². The van der Waals surface area contributed by atoms with Crippen molar-refractivity contribution in [2.75, 3.05) is 20.1 Å². The van der Waals surface area contributed by atoms with E-state index in [1.807, 2.05) is 7.05 Å². The number of carboxylic acids is 1. The first-order valence-electron chi connectivity index (χ1n) is 5.51. The molecule has 17 heavy (non-hydrogen) atoms. The van der Waals surface area contributed by atoms with Gasteiger partial charge in [0.15, 0.2) is 0 Å². The van der Waals surface area contributed by atoms with Gasteiger partial charge in [0.1, 0.15) is 5.75 Å². The van der Waals surface area contributed by atoms with Crippen LogP contribution in [0, 0.1) is 0 Å². The van der Waals surface area contributed by atoms with Gasteiger partial charge in [0, 0.05) is 18.7 Å². The first-order chi connectivity index (χ1) is 8.08. The third-order valence-corrected chi connectivity index (χ3v) is 3.01. The van der Waals surface area contributed by atoms with Gasteiger partial charge in [0.05, 0.1) is 0 Å². The smallest absolute Gasteiger partial charge is 0.331 e. The number of rotatable bonds is 2. The van der Waals surface area contributed by atoms with Crippen molar-refractivity contribution in [1.29, 1.82) is 0 Å². The van der Waals surface area contributed by atoms with Gasteiger partial charge in [-0.15, -0.1) is 0 Å². The van der Waals surface area contributed by atoms with Gasteiger partial charge in [-0.3, -0.25) is 0 Å². The van der Waals surface area contributed by atoms with Crippen molar-refractivity contribution >= 4 is 11.5 Å². The monoisotopic (exact) mass is 233 g/mol. The van der Waals surface area contributed by atoms with E-state index in [-0.39, 0.29) is 5.75 Å². The van der Waals surface area contributed by atoms with Crippen LogP contribution < -0.4 is 0 Å². The van der Waals surface area contributed by atoms with Gasteiger partial charge in [0.2, 0.25) is 0 Å². The van der Waals surface area contributed by atoms with E-state index < -0.39 is 5.97 Å². The molecule has 4 nitrogen and oxygen atoms in total. The summed E-state index contributed by atoms with van der Waals surface area (Å²) >= 11 is 0. The highest BCUT2D eigenvalue weighted by molar-refractivity contribution is 5.97. The molecule has 0 fully saturated rings. The van der Waals surface area contributed by atoms with E-state index in [2.05, 4.69) is 4.90 Å². The number of aliphatic carboxylic acids is 1. The predicted molar refractivity (Wildman–Crippen MR) is 64.8 cm³/mol. The van der Waals surface area contributed by atoms with E-state index >= 15 is 0 Å². The van der Waals surface area contributed by atoms with Crippen LogP contribution in [0.3, 0.4) is 0 Å². The van der Waals surface area contributed by atoms with E-state index in [0.717, 1.165) is 17.7 Å². The molecule has 0 radical (unpaired) electrons. The Labute approximate surface area is 99.8 Å². The molecule has 2 rings (SSSR count). The summed E-state index contributed by atoms with van der Waals surface area (Å²) in [5, 5.41) is 18.4. The van der Waals surface area contributed by atoms with Crippen molar-refractivity contribution in [2.24, 2.45) is 0 Å². The fourth-order valence-corrected chi connectivity index (χ4v) is 2.06. The molecule has 0 saturated heterocycles. The summed E-state index contributed by atoms with van der Waals surface area (Å²) in [6.07, 6.45) is 0.558. The molecule has 0 aromatic heterocycles. The number of carbonyl (C=O) groups is 1. The Balaban J connectivity index is 2.44. The topological polar surface area (TPSA) is 60.8 Å². The zero-order chi connectivity index (χ0) is 12.4. The van der Waals surface area contributed by atoms with Crippen LogP contribution in [0.25, 0.3) is 5.57 Å². The second-order valence-corrected chi connectivity index (χ2v) is 4.30. The van der Waals surface area contributed by atoms with Crippen molar-refractivity contribution in [3.63, 3.8) is 0 Å². The summed E-state index contributed by atoms with van der Waals surface area (Å²) in [5.41, 5.74) is 2.19. The summed E-state index contributed by atoms with van der Waals surface area (Å²) in [7, 11) is 1.97. The van der Waals surface area contributed by atoms with Crippen molar-refractivity contribution < 1.29 is 15.0 Å². The van der Waals surface area contributed by atoms with E-state index in [4.69, 9.17) is 0 Å². The molecule has 1 heterocycles. The van der Waals surface area contributed by atoms with Gasteiger partial charge in [-0.1, -0.05) is 12.1 Å². The third-order valence-electron chi connectivity index (χ3n) is 3.01. The Morgan fingerprint density at radius 3 is 2.53 bits per heavy atom. The van der Waals surface area contributed by atoms with Crippen LogP contribution in [0.5, 0.6) is 5.75 Å². The summed E-state index contributed by atoms with van der Waals surface area (Å²) in [6, 6.07) is 6.67. The van der Waals surface area contributed by atoms with Crippen molar-refractivity contribution in [3.05, 3.63) is 35.4 Å². The summed E-state index contributed by atoms with van der Waals surface area (Å²) in [6.45, 7) is 1.40. The molecule has 1 aliphatic rings. The fourth-order valence-electron chi connectivity index (χ4n) is 2.06. The lowest BCUT2D eigenvalue weighted by atomic mass is 9.94. The molecule has 90 valence electrons. The van der Waals surface area contributed by atoms with Gasteiger partial charge in [-0.05, 0) is 36.7 Å². The number of phenols is 1. The molecule has 0 saturated carbocycles. The minimum Gasteiger partial charge on any atom is -0.508 e. The maximum atomic E-state index is 11.2. The lowest BCUT2D eigenvalue weighted by molar-refractivity contribution is -0.132. The zero-order valence-electron chi connectivity index (χ0n) is 9.68. The Morgan fingerprint density at radius 2 is 1.94 bits per heavy atom. The molecule has 0 unspecified atom stereocenters. The molecule has 1 aliphatic heterocycles. The highest BCUT2D eigenvalue weighted by atomic mass is 16.4. The molecule has 0 spiro atoms. The fraction of sp³-hybridized carbons (Fsp3) is 0.308. The second-order valence-electron chi connectivity index (χ2n) is 4.30. The van der Waals surface area contributed by atoms with E-state index in [1.165, 1.54) is 0 Å². The number of hydrogen-bond donors (Lipinski definition) is 2. The highest BCUT2D eigenvalue weighted by Gasteiger charge is 2.22. The summed E-state index contributed by atoms with van der Waals surface area (Å²) < 4.78 is 0. The lowest BCUT2D eigenvalue weighted by Crippen LogP contribution is -2.29. The molecule has 0 bridgehead atoms. The van der Waals surface area contributed by atoms with Crippen molar-refractivity contribution in [3.8, 4) is 5.75 Å². The number of benzene rings is 1. The van der Waals surface area contributed by atoms with Gasteiger partial charge in [-0.2, -0.15) is 0 Å². The zero-order valence-corrected chi connectivity index (χ0v) is 9.68. The maximum Gasteiger partial charge on any atom is 0.331 e. The van der Waals surface area contributed by atoms with Crippen LogP contribution in [0.15, 0.2) is 29.8 Å². The van der Waals surface area contributed by atoms with Crippen molar-refractivity contribution in [2.45, 2.75) is 6.42 Å². The van der Waals surface area contributed by atoms with Gasteiger partial charge >= 0.3 is 5.97 Å². The van der Waals surface area contributed by atoms with E-state index in [0.29, 0.717) is 18.5 Å². The van der Waals surface area contributed by atoms with Crippen LogP contribution >= 0.6 is 0 Å². The average Bonchev–Trinajstić information content (AvgIpc) is 2.29. The van der Waals surface area contributed by atoms with Crippen LogP contribution in [0.1, 0.15) is 12.0 Å². The highest BCUT2D eigenvalue weighted by Crippen LogP contribution is 2.27.